The number of carbonyl (C=O) groups excluding carboxylic acids is 16. The van der Waals surface area contributed by atoms with Gasteiger partial charge in [-0.2, -0.15) is 69.5 Å². The zero-order valence-electron chi connectivity index (χ0n) is 74.0. The normalized spacial score (nSPS) is 19.7. The molecule has 0 saturated carbocycles. The van der Waals surface area contributed by atoms with Crippen molar-refractivity contribution in [2.24, 2.45) is 47.3 Å². The minimum absolute atomic E-state index is 0. The van der Waals surface area contributed by atoms with E-state index < -0.39 is 50.0 Å². The van der Waals surface area contributed by atoms with Crippen molar-refractivity contribution < 1.29 is 166 Å². The van der Waals surface area contributed by atoms with Crippen LogP contribution in [0.2, 0.25) is 0 Å². The van der Waals surface area contributed by atoms with Crippen LogP contribution >= 0.6 is 12.4 Å². The second-order valence-electron chi connectivity index (χ2n) is 31.3. The maximum absolute atomic E-state index is 12.5. The number of rotatable bonds is 11. The van der Waals surface area contributed by atoms with Gasteiger partial charge >= 0.3 is 100 Å². The van der Waals surface area contributed by atoms with Crippen LogP contribution in [0.4, 0.5) is 32.3 Å². The van der Waals surface area contributed by atoms with Crippen LogP contribution in [0.5, 0.6) is 11.5 Å². The predicted octanol–water partition coefficient (Wildman–Crippen LogP) is 10.6. The molecule has 2 aromatic carbocycles. The molecule has 9 atom stereocenters. The van der Waals surface area contributed by atoms with Gasteiger partial charge < -0.3 is 62.6 Å². The summed E-state index contributed by atoms with van der Waals surface area (Å²) < 4.78 is 96.5. The third kappa shape index (κ3) is 49.5. The van der Waals surface area contributed by atoms with E-state index in [0.717, 1.165) is 63.4 Å². The molecule has 2 aromatic rings. The van der Waals surface area contributed by atoms with E-state index in [9.17, 15) is 50.4 Å². The van der Waals surface area contributed by atoms with Crippen molar-refractivity contribution in [3.8, 4) is 11.5 Å². The Hall–Kier alpha value is -8.41. The molecule has 0 spiro atoms. The van der Waals surface area contributed by atoms with E-state index >= 15 is 0 Å². The molecule has 0 aromatic heterocycles. The maximum atomic E-state index is 12.5. The summed E-state index contributed by atoms with van der Waals surface area (Å²) >= 11 is 0. The minimum atomic E-state index is -5.73. The first-order valence-corrected chi connectivity index (χ1v) is 39.5. The van der Waals surface area contributed by atoms with Crippen molar-refractivity contribution in [2.75, 3.05) is 86.3 Å². The van der Waals surface area contributed by atoms with Crippen LogP contribution in [0.1, 0.15) is 216 Å². The SMILES string of the molecule is C.CCC1=C(OS(=O)(=O)C(F)(F)F)C(C)CN(C(=O)OC(C)(C)C)C1.CCC1=C(c2ccc(OC)cc2)C(C)CN(C(=O)OC(C)(C)C)C1.CCC1CN(C(=O)OC(C)(C)C)CC(C)C1=O.CCC1CNCC(C)C1=O.CC[C@@H]1CN(C(=O)OC(C)(C)C)CC(C)[C@H]1c1ccc(OC)cc1.CC[O-].Cl.O=C=O.O=C=O.O=C=O.O=C=O.O=C=O.[Na+]. The number of halogens is 4. The van der Waals surface area contributed by atoms with Crippen molar-refractivity contribution in [1.29, 1.82) is 0 Å². The average Bonchev–Trinajstić information content (AvgIpc) is 0.800. The number of amides is 4. The topological polar surface area (TPSA) is 420 Å². The van der Waals surface area contributed by atoms with Crippen LogP contribution in [0.3, 0.4) is 0 Å². The van der Waals surface area contributed by atoms with Crippen LogP contribution < -0.4 is 49.5 Å². The molecule has 3 saturated heterocycles. The van der Waals surface area contributed by atoms with E-state index in [-0.39, 0.29) is 166 Å². The summed E-state index contributed by atoms with van der Waals surface area (Å²) in [6, 6.07) is 16.5. The Labute approximate surface area is 735 Å². The Morgan fingerprint density at radius 3 is 1.15 bits per heavy atom. The number of hydrogen-bond donors (Lipinski definition) is 1. The molecule has 678 valence electrons. The molecular formula is C83H130ClF3N5NaO26S. The molecule has 7 rings (SSSR count). The van der Waals surface area contributed by atoms with Gasteiger partial charge in [-0.15, -0.1) is 19.0 Å². The molecule has 5 heterocycles. The third-order valence-electron chi connectivity index (χ3n) is 17.4. The van der Waals surface area contributed by atoms with Crippen molar-refractivity contribution in [3.63, 3.8) is 0 Å². The van der Waals surface area contributed by atoms with Crippen LogP contribution in [0.15, 0.2) is 65.4 Å². The third-order valence-corrected chi connectivity index (χ3v) is 18.4. The average molecular weight is 1760 g/mol. The van der Waals surface area contributed by atoms with Crippen molar-refractivity contribution in [3.05, 3.63) is 76.6 Å². The van der Waals surface area contributed by atoms with Crippen molar-refractivity contribution in [2.45, 2.75) is 233 Å². The van der Waals surface area contributed by atoms with Gasteiger partial charge in [0.1, 0.15) is 51.2 Å². The number of alkyl halides is 3. The monoisotopic (exact) mass is 1760 g/mol. The summed E-state index contributed by atoms with van der Waals surface area (Å²) in [6.07, 6.45) is 3.87. The van der Waals surface area contributed by atoms with Gasteiger partial charge in [0.05, 0.1) is 14.2 Å². The summed E-state index contributed by atoms with van der Waals surface area (Å²) in [6.45, 7) is 48.9. The van der Waals surface area contributed by atoms with Crippen molar-refractivity contribution >= 4 is 94.8 Å². The number of ether oxygens (including phenoxy) is 6. The Kier molecular flexibility index (Phi) is 65.1. The number of carbonyl (C=O) groups is 6. The molecule has 3 fully saturated rings. The Balaban J connectivity index is -0.000000255. The van der Waals surface area contributed by atoms with Crippen LogP contribution in [-0.2, 0) is 90.8 Å². The Morgan fingerprint density at radius 1 is 0.483 bits per heavy atom. The first-order valence-electron chi connectivity index (χ1n) is 38.1. The van der Waals surface area contributed by atoms with Gasteiger partial charge in [0.2, 0.25) is 0 Å². The number of likely N-dealkylation sites (tertiary alicyclic amines) is 2. The van der Waals surface area contributed by atoms with Gasteiger partial charge in [-0.1, -0.05) is 114 Å². The smallest absolute Gasteiger partial charge is 0.855 e. The van der Waals surface area contributed by atoms with E-state index in [2.05, 4.69) is 68.4 Å². The van der Waals surface area contributed by atoms with Gasteiger partial charge in [-0.3, -0.25) is 9.59 Å². The van der Waals surface area contributed by atoms with E-state index in [4.69, 9.17) is 81.5 Å². The van der Waals surface area contributed by atoms with Gasteiger partial charge in [0.15, 0.2) is 0 Å². The fourth-order valence-electron chi connectivity index (χ4n) is 12.5. The summed E-state index contributed by atoms with van der Waals surface area (Å²) in [5.41, 5.74) is -2.11. The number of hydrogen-bond acceptors (Lipinski definition) is 27. The number of benzene rings is 2. The van der Waals surface area contributed by atoms with Crippen LogP contribution in [0, 0.1) is 47.3 Å². The van der Waals surface area contributed by atoms with Crippen molar-refractivity contribution in [1.82, 2.24) is 24.9 Å². The molecule has 4 amide bonds. The Morgan fingerprint density at radius 2 is 0.817 bits per heavy atom. The summed E-state index contributed by atoms with van der Waals surface area (Å²) in [5.74, 6) is 3.45. The second-order valence-corrected chi connectivity index (χ2v) is 32.9. The zero-order valence-corrected chi connectivity index (χ0v) is 77.6. The first kappa shape index (κ1) is 125. The van der Waals surface area contributed by atoms with E-state index in [1.807, 2.05) is 117 Å². The minimum Gasteiger partial charge on any atom is -0.855 e. The predicted molar refractivity (Wildman–Crippen MR) is 430 cm³/mol. The molecule has 37 heteroatoms. The Bertz CT molecular complexity index is 3650. The van der Waals surface area contributed by atoms with Gasteiger partial charge in [0, 0.05) is 95.0 Å². The second kappa shape index (κ2) is 62.7. The van der Waals surface area contributed by atoms with Crippen LogP contribution in [-0.4, -0.2) is 209 Å². The van der Waals surface area contributed by atoms with E-state index in [0.29, 0.717) is 55.3 Å². The molecule has 31 nitrogen and oxygen atoms in total. The molecule has 120 heavy (non-hydrogen) atoms. The van der Waals surface area contributed by atoms with E-state index in [1.54, 1.807) is 53.7 Å². The maximum Gasteiger partial charge on any atom is 1.00 e. The number of Topliss-reactive ketones (excluding diaryl/α,β-unsaturated/α-hetero) is 2. The standard InChI is InChI=1S/C20H31NO3.C20H29NO3.C14H22F3NO5S.C13H23NO3.C8H15NO.C2H5O.5CO2.CH4.ClH.Na/c2*1-7-15-13-21(19(22)24-20(3,4)5)12-14(2)18(15)16-8-10-17(23-6)11-9-16;1-6-10-8-18(12(19)22-13(3,4)5)7-9(2)11(10)23-24(20,21)14(15,16)17;1-6-10-8-14(7-9(2)11(10)15)12(16)17-13(3,4)5;1-3-7-5-9-4-6(2)8(7)10;1-2-3;5*2-1-3;;;/h8-11,14-15,18H,7,12-13H2,1-6H3;8-11,14H,7,12-13H2,1-6H3;9H,6-8H2,1-5H3;9-10H,6-8H2,1-5H3;6-7,9H,3-5H2,1-2H3;2H2,1H3;;;;;;1H4;1H;/q;;;;;-1;;;;;;;;+1/t14?,15-,18-;;;;;;;;;;;;;/m1............./s1. The number of piperidine rings is 3. The number of ketones is 2. The molecule has 0 radical (unpaired) electrons. The number of nitrogens with zero attached hydrogens (tertiary/aromatic N) is 4. The van der Waals surface area contributed by atoms with E-state index in [1.165, 1.54) is 34.1 Å². The summed E-state index contributed by atoms with van der Waals surface area (Å²) in [5, 5.41) is 12.2. The summed E-state index contributed by atoms with van der Waals surface area (Å²) in [7, 11) is -2.37. The fraction of sp³-hybridized carbons (Fsp3) is 0.675. The molecule has 5 aliphatic rings. The zero-order chi connectivity index (χ0) is 91.8. The summed E-state index contributed by atoms with van der Waals surface area (Å²) in [4.78, 5) is 160. The fourth-order valence-corrected chi connectivity index (χ4v) is 13.1. The van der Waals surface area contributed by atoms with Crippen LogP contribution in [0.25, 0.3) is 5.57 Å². The largest absolute Gasteiger partial charge is 1.00 e. The number of nitrogens with one attached hydrogen (secondary N) is 1. The van der Waals surface area contributed by atoms with Gasteiger partial charge in [-0.05, 0) is 185 Å². The molecule has 5 aliphatic heterocycles. The van der Waals surface area contributed by atoms with Gasteiger partial charge in [0.25, 0.3) is 0 Å². The number of methoxy groups -OCH3 is 2. The molecule has 0 aliphatic carbocycles. The molecule has 1 N–H and O–H groups in total. The first-order chi connectivity index (χ1) is 54.2. The molecule has 7 unspecified atom stereocenters. The quantitative estimate of drug-likeness (QED) is 0.0945. The van der Waals surface area contributed by atoms with Gasteiger partial charge in [-0.25, -0.2) is 19.2 Å². The molecular weight excluding hydrogens is 1630 g/mol. The molecule has 0 bridgehead atoms.